The Morgan fingerprint density at radius 2 is 1.71 bits per heavy atom. The number of aryl methyl sites for hydroxylation is 1. The van der Waals surface area contributed by atoms with E-state index in [1.54, 1.807) is 24.3 Å². The number of hydrogen-bond donors (Lipinski definition) is 0. The van der Waals surface area contributed by atoms with Crippen LogP contribution < -0.4 is 0 Å². The molecule has 0 aromatic heterocycles. The summed E-state index contributed by atoms with van der Waals surface area (Å²) < 4.78 is 38.4. The van der Waals surface area contributed by atoms with Gasteiger partial charge in [-0.1, -0.05) is 51.8 Å². The van der Waals surface area contributed by atoms with Gasteiger partial charge in [0, 0.05) is 16.5 Å². The molecule has 0 radical (unpaired) electrons. The maximum atomic E-state index is 12.8. The predicted molar refractivity (Wildman–Crippen MR) is 78.4 cm³/mol. The Labute approximate surface area is 128 Å². The Kier molecular flexibility index (Phi) is 4.52. The van der Waals surface area contributed by atoms with Crippen LogP contribution in [0.5, 0.6) is 0 Å². The summed E-state index contributed by atoms with van der Waals surface area (Å²) in [5.41, 5.74) is 1.10. The zero-order valence-corrected chi connectivity index (χ0v) is 12.8. The van der Waals surface area contributed by atoms with Crippen LogP contribution in [0.25, 0.3) is 0 Å². The number of Topliss-reactive ketones (excluding diaryl/α,β-unsaturated/α-hetero) is 1. The lowest BCUT2D eigenvalue weighted by molar-refractivity contribution is -0.138. The molecule has 0 aliphatic heterocycles. The van der Waals surface area contributed by atoms with E-state index in [0.717, 1.165) is 11.6 Å². The highest BCUT2D eigenvalue weighted by Gasteiger charge is 2.33. The van der Waals surface area contributed by atoms with Gasteiger partial charge in [0.05, 0.1) is 5.56 Å². The van der Waals surface area contributed by atoms with E-state index in [4.69, 9.17) is 0 Å². The lowest BCUT2D eigenvalue weighted by atomic mass is 10.0. The zero-order valence-electron chi connectivity index (χ0n) is 11.2. The van der Waals surface area contributed by atoms with Crippen LogP contribution in [-0.4, -0.2) is 5.78 Å². The Bertz CT molecular complexity index is 660. The third kappa shape index (κ3) is 3.94. The number of alkyl halides is 3. The van der Waals surface area contributed by atoms with E-state index in [-0.39, 0.29) is 16.7 Å². The van der Waals surface area contributed by atoms with Crippen molar-refractivity contribution >= 4 is 21.7 Å². The number of carbonyl (C=O) groups excluding carboxylic acids is 1. The second-order valence-corrected chi connectivity index (χ2v) is 5.63. The van der Waals surface area contributed by atoms with Crippen molar-refractivity contribution in [2.75, 3.05) is 0 Å². The van der Waals surface area contributed by atoms with Crippen molar-refractivity contribution in [2.24, 2.45) is 0 Å². The molecule has 110 valence electrons. The zero-order chi connectivity index (χ0) is 15.6. The first-order valence-corrected chi connectivity index (χ1v) is 7.02. The van der Waals surface area contributed by atoms with Gasteiger partial charge < -0.3 is 0 Å². The molecule has 0 saturated carbocycles. The first-order valence-electron chi connectivity index (χ1n) is 6.23. The van der Waals surface area contributed by atoms with Gasteiger partial charge in [-0.15, -0.1) is 0 Å². The summed E-state index contributed by atoms with van der Waals surface area (Å²) in [5.74, 6) is -0.203. The highest BCUT2D eigenvalue weighted by atomic mass is 79.9. The minimum atomic E-state index is -4.44. The molecule has 0 fully saturated rings. The molecule has 0 aliphatic rings. The van der Waals surface area contributed by atoms with Crippen molar-refractivity contribution in [2.45, 2.75) is 19.5 Å². The van der Waals surface area contributed by atoms with Crippen molar-refractivity contribution in [3.63, 3.8) is 0 Å². The van der Waals surface area contributed by atoms with Crippen LogP contribution in [0.2, 0.25) is 0 Å². The molecular formula is C16H12BrF3O. The number of benzene rings is 2. The fraction of sp³-hybridized carbons (Fsp3) is 0.188. The van der Waals surface area contributed by atoms with Crippen LogP contribution in [0.15, 0.2) is 46.9 Å². The average molecular weight is 357 g/mol. The molecule has 2 rings (SSSR count). The van der Waals surface area contributed by atoms with E-state index in [1.807, 2.05) is 6.92 Å². The van der Waals surface area contributed by atoms with Crippen LogP contribution in [0.1, 0.15) is 27.0 Å². The first kappa shape index (κ1) is 15.8. The van der Waals surface area contributed by atoms with Crippen LogP contribution >= 0.6 is 15.9 Å². The molecule has 0 spiro atoms. The van der Waals surface area contributed by atoms with Gasteiger partial charge in [0.2, 0.25) is 0 Å². The van der Waals surface area contributed by atoms with Crippen molar-refractivity contribution in [3.8, 4) is 0 Å². The maximum Gasteiger partial charge on any atom is 0.417 e. The van der Waals surface area contributed by atoms with Crippen molar-refractivity contribution < 1.29 is 18.0 Å². The summed E-state index contributed by atoms with van der Waals surface area (Å²) in [6, 6.07) is 10.8. The molecule has 0 saturated heterocycles. The van der Waals surface area contributed by atoms with Crippen LogP contribution in [0, 0.1) is 6.92 Å². The number of rotatable bonds is 3. The van der Waals surface area contributed by atoms with Crippen molar-refractivity contribution in [1.82, 2.24) is 0 Å². The molecule has 0 amide bonds. The average Bonchev–Trinajstić information content (AvgIpc) is 2.40. The fourth-order valence-electron chi connectivity index (χ4n) is 1.93. The largest absolute Gasteiger partial charge is 0.417 e. The van der Waals surface area contributed by atoms with Gasteiger partial charge in [0.25, 0.3) is 0 Å². The van der Waals surface area contributed by atoms with Gasteiger partial charge in [-0.2, -0.15) is 13.2 Å². The van der Waals surface area contributed by atoms with Gasteiger partial charge in [0.1, 0.15) is 0 Å². The van der Waals surface area contributed by atoms with E-state index in [1.165, 1.54) is 12.1 Å². The highest BCUT2D eigenvalue weighted by molar-refractivity contribution is 9.10. The molecule has 1 nitrogen and oxygen atoms in total. The molecule has 0 N–H and O–H groups in total. The molecular weight excluding hydrogens is 345 g/mol. The molecule has 0 bridgehead atoms. The maximum absolute atomic E-state index is 12.8. The number of halogens is 4. The van der Waals surface area contributed by atoms with Gasteiger partial charge >= 0.3 is 6.18 Å². The summed E-state index contributed by atoms with van der Waals surface area (Å²) in [6.45, 7) is 1.90. The smallest absolute Gasteiger partial charge is 0.294 e. The summed E-state index contributed by atoms with van der Waals surface area (Å²) >= 11 is 2.88. The fourth-order valence-corrected chi connectivity index (χ4v) is 2.40. The monoisotopic (exact) mass is 356 g/mol. The van der Waals surface area contributed by atoms with Gasteiger partial charge in [0.15, 0.2) is 5.78 Å². The Morgan fingerprint density at radius 1 is 1.10 bits per heavy atom. The molecule has 2 aromatic carbocycles. The van der Waals surface area contributed by atoms with Gasteiger partial charge in [-0.05, 0) is 24.6 Å². The highest BCUT2D eigenvalue weighted by Crippen LogP contribution is 2.35. The molecule has 0 aliphatic carbocycles. The van der Waals surface area contributed by atoms with Crippen LogP contribution in [-0.2, 0) is 12.6 Å². The number of carbonyl (C=O) groups is 1. The molecule has 0 heterocycles. The lowest BCUT2D eigenvalue weighted by Crippen LogP contribution is -2.09. The minimum Gasteiger partial charge on any atom is -0.294 e. The standard InChI is InChI=1S/C16H12BrF3O/c1-10-2-5-12(6-3-10)15(21)9-11-4-7-14(17)13(8-11)16(18,19)20/h2-8H,9H2,1H3. The summed E-state index contributed by atoms with van der Waals surface area (Å²) in [4.78, 5) is 12.1. The normalized spacial score (nSPS) is 11.5. The Morgan fingerprint density at radius 3 is 2.29 bits per heavy atom. The van der Waals surface area contributed by atoms with Crippen molar-refractivity contribution in [1.29, 1.82) is 0 Å². The predicted octanol–water partition coefficient (Wildman–Crippen LogP) is 5.20. The summed E-state index contributed by atoms with van der Waals surface area (Å²) in [6.07, 6.45) is -4.50. The third-order valence-corrected chi connectivity index (χ3v) is 3.77. The third-order valence-electron chi connectivity index (χ3n) is 3.07. The van der Waals surface area contributed by atoms with E-state index in [9.17, 15) is 18.0 Å². The van der Waals surface area contributed by atoms with Gasteiger partial charge in [-0.3, -0.25) is 4.79 Å². The van der Waals surface area contributed by atoms with E-state index in [0.29, 0.717) is 11.1 Å². The first-order chi connectivity index (χ1) is 9.77. The van der Waals surface area contributed by atoms with Gasteiger partial charge in [-0.25, -0.2) is 0 Å². The molecule has 0 unspecified atom stereocenters. The van der Waals surface area contributed by atoms with Crippen LogP contribution in [0.4, 0.5) is 13.2 Å². The second kappa shape index (κ2) is 6.02. The minimum absolute atomic E-state index is 0.0264. The Hall–Kier alpha value is -1.62. The van der Waals surface area contributed by atoms with Crippen molar-refractivity contribution in [3.05, 3.63) is 69.2 Å². The molecule has 5 heteroatoms. The van der Waals surface area contributed by atoms with E-state index in [2.05, 4.69) is 15.9 Å². The Balaban J connectivity index is 2.24. The SMILES string of the molecule is Cc1ccc(C(=O)Cc2ccc(Br)c(C(F)(F)F)c2)cc1. The second-order valence-electron chi connectivity index (χ2n) is 4.78. The molecule has 21 heavy (non-hydrogen) atoms. The molecule has 2 aromatic rings. The summed E-state index contributed by atoms with van der Waals surface area (Å²) in [7, 11) is 0. The number of ketones is 1. The quantitative estimate of drug-likeness (QED) is 0.690. The molecule has 0 atom stereocenters. The van der Waals surface area contributed by atoms with E-state index >= 15 is 0 Å². The number of hydrogen-bond acceptors (Lipinski definition) is 1. The van der Waals surface area contributed by atoms with Crippen LogP contribution in [0.3, 0.4) is 0 Å². The topological polar surface area (TPSA) is 17.1 Å². The summed E-state index contributed by atoms with van der Waals surface area (Å²) in [5, 5.41) is 0. The van der Waals surface area contributed by atoms with E-state index < -0.39 is 11.7 Å². The lowest BCUT2D eigenvalue weighted by Gasteiger charge is -2.11.